The molecule has 1 amide bonds. The van der Waals surface area contributed by atoms with Crippen molar-refractivity contribution in [3.8, 4) is 11.5 Å². The summed E-state index contributed by atoms with van der Waals surface area (Å²) in [6.45, 7) is 0. The summed E-state index contributed by atoms with van der Waals surface area (Å²) in [6.07, 6.45) is 0. The molecule has 1 aromatic heterocycles. The normalized spacial score (nSPS) is 17.1. The van der Waals surface area contributed by atoms with Crippen molar-refractivity contribution in [1.82, 2.24) is 4.98 Å². The Morgan fingerprint density at radius 3 is 2.42 bits per heavy atom. The molecule has 182 valence electrons. The number of nitrogens with zero attached hydrogens (tertiary/aromatic N) is 2. The fourth-order valence-electron chi connectivity index (χ4n) is 4.20. The molecule has 1 fully saturated rings. The van der Waals surface area contributed by atoms with Crippen molar-refractivity contribution in [3.05, 3.63) is 89.0 Å². The summed E-state index contributed by atoms with van der Waals surface area (Å²) in [6, 6.07) is 12.7. The Morgan fingerprint density at radius 2 is 1.72 bits per heavy atom. The molecule has 3 aromatic carbocycles. The Balaban J connectivity index is 1.79. The zero-order valence-corrected chi connectivity index (χ0v) is 19.8. The topological polar surface area (TPSA) is 89.0 Å². The van der Waals surface area contributed by atoms with Gasteiger partial charge in [0.1, 0.15) is 23.4 Å². The maximum Gasteiger partial charge on any atom is 0.301 e. The smallest absolute Gasteiger partial charge is 0.301 e. The van der Waals surface area contributed by atoms with Crippen LogP contribution in [0.1, 0.15) is 17.2 Å². The van der Waals surface area contributed by atoms with Crippen LogP contribution >= 0.6 is 11.3 Å². The number of carbonyl (C=O) groups is 2. The molecule has 1 aliphatic rings. The average molecular weight is 509 g/mol. The van der Waals surface area contributed by atoms with E-state index < -0.39 is 35.1 Å². The van der Waals surface area contributed by atoms with Gasteiger partial charge < -0.3 is 14.6 Å². The van der Waals surface area contributed by atoms with Crippen LogP contribution in [0.5, 0.6) is 11.5 Å². The number of methoxy groups -OCH3 is 2. The number of aliphatic hydroxyl groups is 1. The van der Waals surface area contributed by atoms with Gasteiger partial charge in [0.05, 0.1) is 30.0 Å². The first-order valence-electron chi connectivity index (χ1n) is 10.7. The number of anilines is 1. The van der Waals surface area contributed by atoms with Crippen molar-refractivity contribution < 1.29 is 33.0 Å². The van der Waals surface area contributed by atoms with Gasteiger partial charge in [-0.3, -0.25) is 14.5 Å². The van der Waals surface area contributed by atoms with E-state index in [-0.39, 0.29) is 22.0 Å². The number of ether oxygens (including phenoxy) is 2. The van der Waals surface area contributed by atoms with Gasteiger partial charge >= 0.3 is 5.91 Å². The molecule has 1 saturated heterocycles. The molecule has 0 radical (unpaired) electrons. The summed E-state index contributed by atoms with van der Waals surface area (Å²) in [5.74, 6) is -2.80. The number of fused-ring (bicyclic) bond motifs is 1. The molecule has 2 heterocycles. The number of hydrogen-bond acceptors (Lipinski definition) is 7. The summed E-state index contributed by atoms with van der Waals surface area (Å²) in [5, 5.41) is 11.3. The number of Topliss-reactive ketones (excluding diaryl/α,β-unsaturated/α-hetero) is 1. The van der Waals surface area contributed by atoms with Gasteiger partial charge in [-0.05, 0) is 48.5 Å². The summed E-state index contributed by atoms with van der Waals surface area (Å²) in [5.41, 5.74) is 0.703. The second kappa shape index (κ2) is 9.04. The molecule has 0 spiro atoms. The lowest BCUT2D eigenvalue weighted by molar-refractivity contribution is -0.132. The Labute approximate surface area is 207 Å². The van der Waals surface area contributed by atoms with E-state index in [2.05, 4.69) is 4.98 Å². The number of para-hydroxylation sites is 1. The van der Waals surface area contributed by atoms with Gasteiger partial charge in [-0.15, -0.1) is 0 Å². The van der Waals surface area contributed by atoms with Gasteiger partial charge in [0, 0.05) is 11.1 Å². The number of carbonyl (C=O) groups excluding carboxylic acids is 2. The molecule has 0 aliphatic carbocycles. The van der Waals surface area contributed by atoms with E-state index in [0.29, 0.717) is 21.5 Å². The lowest BCUT2D eigenvalue weighted by Gasteiger charge is -2.25. The first-order chi connectivity index (χ1) is 17.3. The summed E-state index contributed by atoms with van der Waals surface area (Å²) >= 11 is 1.02. The molecular weight excluding hydrogens is 490 g/mol. The zero-order valence-electron chi connectivity index (χ0n) is 19.0. The van der Waals surface area contributed by atoms with Crippen LogP contribution in [-0.2, 0) is 9.59 Å². The molecule has 1 unspecified atom stereocenters. The van der Waals surface area contributed by atoms with Crippen LogP contribution in [0.25, 0.3) is 16.0 Å². The minimum absolute atomic E-state index is 0.130. The molecular formula is C26H18F2N2O5S. The Hall–Kier alpha value is -4.31. The highest BCUT2D eigenvalue weighted by Gasteiger charge is 2.49. The zero-order chi connectivity index (χ0) is 25.6. The van der Waals surface area contributed by atoms with Crippen molar-refractivity contribution in [2.45, 2.75) is 6.04 Å². The second-order valence-electron chi connectivity index (χ2n) is 7.87. The van der Waals surface area contributed by atoms with Crippen molar-refractivity contribution >= 4 is 44.1 Å². The van der Waals surface area contributed by atoms with Gasteiger partial charge in [0.15, 0.2) is 16.6 Å². The van der Waals surface area contributed by atoms with Gasteiger partial charge in [-0.25, -0.2) is 13.8 Å². The fourth-order valence-corrected chi connectivity index (χ4v) is 5.22. The van der Waals surface area contributed by atoms with E-state index >= 15 is 0 Å². The Bertz CT molecular complexity index is 1550. The molecule has 0 saturated carbocycles. The van der Waals surface area contributed by atoms with Gasteiger partial charge in [0.2, 0.25) is 0 Å². The van der Waals surface area contributed by atoms with Gasteiger partial charge in [0.25, 0.3) is 5.78 Å². The number of hydrogen-bond donors (Lipinski definition) is 1. The third-order valence-electron chi connectivity index (χ3n) is 5.84. The second-order valence-corrected chi connectivity index (χ2v) is 8.88. The van der Waals surface area contributed by atoms with E-state index in [4.69, 9.17) is 9.47 Å². The van der Waals surface area contributed by atoms with Crippen molar-refractivity contribution in [3.63, 3.8) is 0 Å². The van der Waals surface area contributed by atoms with Crippen LogP contribution in [0.4, 0.5) is 13.9 Å². The largest absolute Gasteiger partial charge is 0.507 e. The molecule has 1 N–H and O–H groups in total. The molecule has 4 aromatic rings. The van der Waals surface area contributed by atoms with E-state index in [1.54, 1.807) is 18.2 Å². The van der Waals surface area contributed by atoms with E-state index in [0.717, 1.165) is 28.4 Å². The van der Waals surface area contributed by atoms with Crippen molar-refractivity contribution in [2.24, 2.45) is 0 Å². The predicted molar refractivity (Wildman–Crippen MR) is 130 cm³/mol. The number of aromatic nitrogens is 1. The number of halogens is 2. The molecule has 0 bridgehead atoms. The number of rotatable bonds is 5. The van der Waals surface area contributed by atoms with Crippen LogP contribution in [0.15, 0.2) is 66.2 Å². The standard InChI is InChI=1S/C26H18F2N2O5S/c1-34-18-5-3-4-16(24(18)35-2)21-20(22(31)13-6-8-14(27)9-7-13)23(32)25(33)30(21)26-29-17-11-10-15(28)12-19(17)36-26/h3-12,21,31H,1-2H3/b22-20+. The number of amides is 1. The lowest BCUT2D eigenvalue weighted by atomic mass is 9.94. The Kier molecular flexibility index (Phi) is 5.89. The highest BCUT2D eigenvalue weighted by Crippen LogP contribution is 2.48. The number of ketones is 1. The summed E-state index contributed by atoms with van der Waals surface area (Å²) in [4.78, 5) is 32.3. The number of thiazole rings is 1. The summed E-state index contributed by atoms with van der Waals surface area (Å²) in [7, 11) is 2.85. The third kappa shape index (κ3) is 3.75. The fraction of sp³-hybridized carbons (Fsp3) is 0.115. The quantitative estimate of drug-likeness (QED) is 0.226. The highest BCUT2D eigenvalue weighted by molar-refractivity contribution is 7.22. The molecule has 36 heavy (non-hydrogen) atoms. The minimum Gasteiger partial charge on any atom is -0.507 e. The minimum atomic E-state index is -1.16. The molecule has 7 nitrogen and oxygen atoms in total. The Morgan fingerprint density at radius 1 is 1.00 bits per heavy atom. The molecule has 1 atom stereocenters. The highest BCUT2D eigenvalue weighted by atomic mass is 32.1. The first-order valence-corrected chi connectivity index (χ1v) is 11.5. The molecule has 10 heteroatoms. The van der Waals surface area contributed by atoms with Crippen molar-refractivity contribution in [1.29, 1.82) is 0 Å². The van der Waals surface area contributed by atoms with Crippen LogP contribution in [0, 0.1) is 11.6 Å². The maximum absolute atomic E-state index is 13.8. The van der Waals surface area contributed by atoms with Crippen LogP contribution < -0.4 is 14.4 Å². The van der Waals surface area contributed by atoms with Crippen LogP contribution in [0.3, 0.4) is 0 Å². The maximum atomic E-state index is 13.8. The van der Waals surface area contributed by atoms with Gasteiger partial charge in [-0.2, -0.15) is 0 Å². The number of aliphatic hydroxyl groups excluding tert-OH is 1. The third-order valence-corrected chi connectivity index (χ3v) is 6.85. The van der Waals surface area contributed by atoms with Crippen LogP contribution in [0.2, 0.25) is 0 Å². The molecule has 1 aliphatic heterocycles. The molecule has 5 rings (SSSR count). The average Bonchev–Trinajstić information content (AvgIpc) is 3.40. The van der Waals surface area contributed by atoms with E-state index in [1.807, 2.05) is 0 Å². The predicted octanol–water partition coefficient (Wildman–Crippen LogP) is 5.22. The van der Waals surface area contributed by atoms with Crippen molar-refractivity contribution in [2.75, 3.05) is 19.1 Å². The SMILES string of the molecule is COc1cccc(C2/C(=C(\O)c3ccc(F)cc3)C(=O)C(=O)N2c2nc3ccc(F)cc3s2)c1OC. The monoisotopic (exact) mass is 508 g/mol. The summed E-state index contributed by atoms with van der Waals surface area (Å²) < 4.78 is 38.8. The van der Waals surface area contributed by atoms with E-state index in [1.165, 1.54) is 44.6 Å². The number of benzene rings is 3. The van der Waals surface area contributed by atoms with Gasteiger partial charge in [-0.1, -0.05) is 23.5 Å². The first kappa shape index (κ1) is 23.4. The van der Waals surface area contributed by atoms with Crippen LogP contribution in [-0.4, -0.2) is 36.0 Å². The lowest BCUT2D eigenvalue weighted by Crippen LogP contribution is -2.29. The van der Waals surface area contributed by atoms with E-state index in [9.17, 15) is 23.5 Å².